The van der Waals surface area contributed by atoms with Gasteiger partial charge in [0.15, 0.2) is 0 Å². The van der Waals surface area contributed by atoms with Gasteiger partial charge in [0.05, 0.1) is 6.61 Å². The second-order valence-electron chi connectivity index (χ2n) is 6.56. The lowest BCUT2D eigenvalue weighted by Gasteiger charge is -2.18. The lowest BCUT2D eigenvalue weighted by atomic mass is 9.90. The lowest BCUT2D eigenvalue weighted by Crippen LogP contribution is -2.15. The van der Waals surface area contributed by atoms with Crippen molar-refractivity contribution in [2.75, 3.05) is 27.2 Å². The molecule has 0 aromatic heterocycles. The molecule has 0 saturated carbocycles. The molecule has 0 fully saturated rings. The van der Waals surface area contributed by atoms with E-state index in [1.165, 1.54) is 18.4 Å². The number of ether oxygens (including phenoxy) is 1. The minimum atomic E-state index is -0.280. The highest BCUT2D eigenvalue weighted by Gasteiger charge is 2.11. The summed E-state index contributed by atoms with van der Waals surface area (Å²) in [4.78, 5) is 13.6. The number of nitrogens with zero attached hydrogens (tertiary/aromatic N) is 1. The Morgan fingerprint density at radius 3 is 2.43 bits per heavy atom. The fraction of sp³-hybridized carbons (Fsp3) is 0.550. The van der Waals surface area contributed by atoms with Crippen molar-refractivity contribution >= 4 is 5.97 Å². The van der Waals surface area contributed by atoms with E-state index >= 15 is 0 Å². The van der Waals surface area contributed by atoms with Gasteiger partial charge in [0, 0.05) is 5.57 Å². The molecule has 0 aliphatic carbocycles. The van der Waals surface area contributed by atoms with Gasteiger partial charge >= 0.3 is 5.97 Å². The van der Waals surface area contributed by atoms with Gasteiger partial charge in [-0.3, -0.25) is 0 Å². The molecule has 0 aliphatic heterocycles. The number of carbonyl (C=O) groups is 1. The van der Waals surface area contributed by atoms with E-state index in [1.54, 1.807) is 6.92 Å². The van der Waals surface area contributed by atoms with Crippen LogP contribution in [-0.4, -0.2) is 38.1 Å². The first-order chi connectivity index (χ1) is 11.0. The Bertz CT molecular complexity index is 468. The van der Waals surface area contributed by atoms with Crippen LogP contribution in [0.3, 0.4) is 0 Å². The van der Waals surface area contributed by atoms with Crippen molar-refractivity contribution in [3.63, 3.8) is 0 Å². The number of hydrogen-bond donors (Lipinski definition) is 0. The Labute approximate surface area is 141 Å². The fourth-order valence-electron chi connectivity index (χ4n) is 2.65. The van der Waals surface area contributed by atoms with Gasteiger partial charge in [0.2, 0.25) is 0 Å². The monoisotopic (exact) mass is 317 g/mol. The maximum atomic E-state index is 11.4. The van der Waals surface area contributed by atoms with Crippen molar-refractivity contribution in [1.82, 2.24) is 4.90 Å². The van der Waals surface area contributed by atoms with Crippen molar-refractivity contribution in [2.45, 2.75) is 39.0 Å². The molecule has 0 aliphatic rings. The summed E-state index contributed by atoms with van der Waals surface area (Å²) in [5.41, 5.74) is 1.86. The molecular formula is C20H31NO2. The van der Waals surface area contributed by atoms with E-state index in [1.807, 2.05) is 0 Å². The molecule has 1 atom stereocenters. The lowest BCUT2D eigenvalue weighted by molar-refractivity contribution is -0.139. The summed E-state index contributed by atoms with van der Waals surface area (Å²) in [5, 5.41) is 0. The Hall–Kier alpha value is -1.61. The summed E-state index contributed by atoms with van der Waals surface area (Å²) < 4.78 is 5.20. The molecule has 128 valence electrons. The number of hydrogen-bond acceptors (Lipinski definition) is 3. The third-order valence-corrected chi connectivity index (χ3v) is 3.92. The Morgan fingerprint density at radius 2 is 1.83 bits per heavy atom. The number of esters is 1. The Morgan fingerprint density at radius 1 is 1.17 bits per heavy atom. The third kappa shape index (κ3) is 9.19. The van der Waals surface area contributed by atoms with Crippen LogP contribution in [-0.2, 0) is 16.0 Å². The van der Waals surface area contributed by atoms with Crippen molar-refractivity contribution < 1.29 is 9.53 Å². The molecule has 0 saturated heterocycles. The Kier molecular flexibility index (Phi) is 9.30. The second kappa shape index (κ2) is 11.0. The van der Waals surface area contributed by atoms with Crippen LogP contribution in [0.15, 0.2) is 42.5 Å². The van der Waals surface area contributed by atoms with Gasteiger partial charge in [0.1, 0.15) is 0 Å². The standard InChI is InChI=1S/C20H31NO2/c1-17(2)20(22)23-15-9-13-19(12-8-14-21(3)4)16-18-10-6-5-7-11-18/h5-7,10-11,19H,1,8-9,12-16H2,2-4H3. The van der Waals surface area contributed by atoms with Crippen molar-refractivity contribution in [3.8, 4) is 0 Å². The summed E-state index contributed by atoms with van der Waals surface area (Å²) in [5.74, 6) is 0.359. The van der Waals surface area contributed by atoms with E-state index < -0.39 is 0 Å². The zero-order valence-corrected chi connectivity index (χ0v) is 14.9. The number of rotatable bonds is 11. The average Bonchev–Trinajstić information content (AvgIpc) is 2.51. The van der Waals surface area contributed by atoms with Crippen LogP contribution >= 0.6 is 0 Å². The summed E-state index contributed by atoms with van der Waals surface area (Å²) >= 11 is 0. The van der Waals surface area contributed by atoms with Crippen LogP contribution in [0.1, 0.15) is 38.2 Å². The molecule has 0 spiro atoms. The minimum Gasteiger partial charge on any atom is -0.462 e. The van der Waals surface area contributed by atoms with E-state index in [9.17, 15) is 4.79 Å². The van der Waals surface area contributed by atoms with Crippen molar-refractivity contribution in [2.24, 2.45) is 5.92 Å². The quantitative estimate of drug-likeness (QED) is 0.350. The molecule has 1 unspecified atom stereocenters. The van der Waals surface area contributed by atoms with Crippen LogP contribution in [0.4, 0.5) is 0 Å². The molecule has 0 N–H and O–H groups in total. The summed E-state index contributed by atoms with van der Waals surface area (Å²) in [6.45, 7) is 6.90. The zero-order valence-electron chi connectivity index (χ0n) is 14.9. The highest BCUT2D eigenvalue weighted by molar-refractivity contribution is 5.86. The molecule has 3 nitrogen and oxygen atoms in total. The summed E-state index contributed by atoms with van der Waals surface area (Å²) in [7, 11) is 4.23. The molecule has 1 rings (SSSR count). The molecule has 23 heavy (non-hydrogen) atoms. The third-order valence-electron chi connectivity index (χ3n) is 3.92. The average molecular weight is 317 g/mol. The van der Waals surface area contributed by atoms with Crippen molar-refractivity contribution in [3.05, 3.63) is 48.0 Å². The highest BCUT2D eigenvalue weighted by atomic mass is 16.5. The van der Waals surface area contributed by atoms with E-state index in [0.717, 1.165) is 25.8 Å². The smallest absolute Gasteiger partial charge is 0.333 e. The number of benzene rings is 1. The fourth-order valence-corrected chi connectivity index (χ4v) is 2.65. The molecule has 0 heterocycles. The molecule has 0 amide bonds. The van der Waals surface area contributed by atoms with E-state index in [2.05, 4.69) is 55.9 Å². The summed E-state index contributed by atoms with van der Waals surface area (Å²) in [6.07, 6.45) is 5.52. The molecule has 0 bridgehead atoms. The number of carbonyl (C=O) groups excluding carboxylic acids is 1. The molecule has 1 aromatic carbocycles. The zero-order chi connectivity index (χ0) is 17.1. The predicted octanol–water partition coefficient (Wildman–Crippen LogP) is 4.09. The van der Waals surface area contributed by atoms with Crippen LogP contribution in [0.5, 0.6) is 0 Å². The van der Waals surface area contributed by atoms with E-state index in [4.69, 9.17) is 4.74 Å². The van der Waals surface area contributed by atoms with Gasteiger partial charge in [-0.05, 0) is 71.1 Å². The van der Waals surface area contributed by atoms with Gasteiger partial charge in [-0.2, -0.15) is 0 Å². The SMILES string of the molecule is C=C(C)C(=O)OCCCC(CCCN(C)C)Cc1ccccc1. The first-order valence-electron chi connectivity index (χ1n) is 8.50. The van der Waals surface area contributed by atoms with Gasteiger partial charge in [0.25, 0.3) is 0 Å². The van der Waals surface area contributed by atoms with Crippen molar-refractivity contribution in [1.29, 1.82) is 0 Å². The Balaban J connectivity index is 2.40. The first kappa shape index (κ1) is 19.4. The molecular weight excluding hydrogens is 286 g/mol. The maximum Gasteiger partial charge on any atom is 0.333 e. The maximum absolute atomic E-state index is 11.4. The summed E-state index contributed by atoms with van der Waals surface area (Å²) in [6, 6.07) is 10.6. The second-order valence-corrected chi connectivity index (χ2v) is 6.56. The minimum absolute atomic E-state index is 0.280. The predicted molar refractivity (Wildman–Crippen MR) is 96.4 cm³/mol. The van der Waals surface area contributed by atoms with Crippen LogP contribution in [0.25, 0.3) is 0 Å². The van der Waals surface area contributed by atoms with Crippen LogP contribution < -0.4 is 0 Å². The van der Waals surface area contributed by atoms with Crippen LogP contribution in [0, 0.1) is 5.92 Å². The van der Waals surface area contributed by atoms with E-state index in [0.29, 0.717) is 18.1 Å². The topological polar surface area (TPSA) is 29.5 Å². The molecule has 1 aromatic rings. The van der Waals surface area contributed by atoms with Gasteiger partial charge in [-0.25, -0.2) is 4.79 Å². The highest BCUT2D eigenvalue weighted by Crippen LogP contribution is 2.20. The molecule has 3 heteroatoms. The van der Waals surface area contributed by atoms with Gasteiger partial charge in [-0.15, -0.1) is 0 Å². The van der Waals surface area contributed by atoms with Gasteiger partial charge < -0.3 is 9.64 Å². The normalized spacial score (nSPS) is 12.2. The van der Waals surface area contributed by atoms with E-state index in [-0.39, 0.29) is 5.97 Å². The molecule has 0 radical (unpaired) electrons. The largest absolute Gasteiger partial charge is 0.462 e. The first-order valence-corrected chi connectivity index (χ1v) is 8.50. The van der Waals surface area contributed by atoms with Gasteiger partial charge in [-0.1, -0.05) is 36.9 Å². The van der Waals surface area contributed by atoms with Crippen LogP contribution in [0.2, 0.25) is 0 Å².